The van der Waals surface area contributed by atoms with E-state index < -0.39 is 0 Å². The van der Waals surface area contributed by atoms with Gasteiger partial charge in [-0.15, -0.1) is 0 Å². The third kappa shape index (κ3) is 3.45. The minimum Gasteiger partial charge on any atom is -0.367 e. The Bertz CT molecular complexity index is 565. The van der Waals surface area contributed by atoms with E-state index in [4.69, 9.17) is 5.84 Å². The number of benzene rings is 1. The molecule has 0 unspecified atom stereocenters. The molecule has 0 saturated carbocycles. The summed E-state index contributed by atoms with van der Waals surface area (Å²) in [6, 6.07) is 10.4. The largest absolute Gasteiger partial charge is 0.367 e. The lowest BCUT2D eigenvalue weighted by Crippen LogP contribution is -2.19. The normalized spacial score (nSPS) is 10.4. The molecule has 5 nitrogen and oxygen atoms in total. The van der Waals surface area contributed by atoms with Gasteiger partial charge in [-0.1, -0.05) is 19.1 Å². The molecule has 0 spiro atoms. The van der Waals surface area contributed by atoms with E-state index in [-0.39, 0.29) is 0 Å². The first-order valence-electron chi connectivity index (χ1n) is 6.73. The Balaban J connectivity index is 2.13. The molecule has 2 aromatic rings. The average molecular weight is 271 g/mol. The Morgan fingerprint density at radius 2 is 1.90 bits per heavy atom. The van der Waals surface area contributed by atoms with Gasteiger partial charge in [0.25, 0.3) is 0 Å². The number of hydrazine groups is 1. The van der Waals surface area contributed by atoms with Gasteiger partial charge in [0.05, 0.1) is 6.54 Å². The van der Waals surface area contributed by atoms with Crippen LogP contribution in [0.4, 0.5) is 11.5 Å². The van der Waals surface area contributed by atoms with Crippen LogP contribution in [0.5, 0.6) is 0 Å². The van der Waals surface area contributed by atoms with E-state index in [1.165, 1.54) is 5.56 Å². The summed E-state index contributed by atoms with van der Waals surface area (Å²) in [5, 5.41) is 0. The number of rotatable bonds is 5. The zero-order chi connectivity index (χ0) is 14.5. The van der Waals surface area contributed by atoms with Crippen LogP contribution >= 0.6 is 0 Å². The van der Waals surface area contributed by atoms with Gasteiger partial charge in [0.15, 0.2) is 0 Å². The number of nitrogens with two attached hydrogens (primary N) is 1. The van der Waals surface area contributed by atoms with Gasteiger partial charge >= 0.3 is 0 Å². The molecule has 0 radical (unpaired) electrons. The summed E-state index contributed by atoms with van der Waals surface area (Å²) < 4.78 is 0. The fourth-order valence-corrected chi connectivity index (χ4v) is 2.06. The monoisotopic (exact) mass is 271 g/mol. The molecular weight excluding hydrogens is 250 g/mol. The summed E-state index contributed by atoms with van der Waals surface area (Å²) in [6.07, 6.45) is 1.05. The molecule has 0 aliphatic rings. The molecule has 106 valence electrons. The van der Waals surface area contributed by atoms with Crippen LogP contribution in [-0.2, 0) is 13.0 Å². The van der Waals surface area contributed by atoms with Crippen molar-refractivity contribution in [2.45, 2.75) is 26.8 Å². The number of nitrogens with zero attached hydrogens (tertiary/aromatic N) is 3. The van der Waals surface area contributed by atoms with Crippen LogP contribution in [-0.4, -0.2) is 17.0 Å². The SMILES string of the molecule is CCc1ccc(N(C)Cc2nc(C)cc(NN)n2)cc1. The van der Waals surface area contributed by atoms with Crippen LogP contribution in [0.1, 0.15) is 24.0 Å². The number of nitrogen functional groups attached to an aromatic ring is 1. The summed E-state index contributed by atoms with van der Waals surface area (Å²) in [5.41, 5.74) is 5.95. The molecule has 5 heteroatoms. The van der Waals surface area contributed by atoms with Crippen molar-refractivity contribution in [2.75, 3.05) is 17.4 Å². The Labute approximate surface area is 119 Å². The van der Waals surface area contributed by atoms with Crippen molar-refractivity contribution in [1.82, 2.24) is 9.97 Å². The second kappa shape index (κ2) is 6.34. The molecule has 1 heterocycles. The number of nitrogens with one attached hydrogen (secondary N) is 1. The van der Waals surface area contributed by atoms with Crippen LogP contribution in [0, 0.1) is 6.92 Å². The van der Waals surface area contributed by atoms with Crippen molar-refractivity contribution in [3.8, 4) is 0 Å². The predicted molar refractivity (Wildman–Crippen MR) is 82.5 cm³/mol. The van der Waals surface area contributed by atoms with Crippen LogP contribution in [0.2, 0.25) is 0 Å². The van der Waals surface area contributed by atoms with Crippen molar-refractivity contribution in [3.05, 3.63) is 47.4 Å². The van der Waals surface area contributed by atoms with Gasteiger partial charge in [-0.25, -0.2) is 15.8 Å². The maximum atomic E-state index is 5.41. The minimum absolute atomic E-state index is 0.641. The van der Waals surface area contributed by atoms with E-state index in [1.807, 2.05) is 20.0 Å². The predicted octanol–water partition coefficient (Wildman–Crippen LogP) is 2.27. The lowest BCUT2D eigenvalue weighted by Gasteiger charge is -2.19. The molecule has 0 bridgehead atoms. The molecule has 0 atom stereocenters. The first-order valence-corrected chi connectivity index (χ1v) is 6.73. The highest BCUT2D eigenvalue weighted by molar-refractivity contribution is 5.47. The second-order valence-electron chi connectivity index (χ2n) is 4.83. The van der Waals surface area contributed by atoms with Crippen LogP contribution < -0.4 is 16.2 Å². The summed E-state index contributed by atoms with van der Waals surface area (Å²) in [6.45, 7) is 4.73. The summed E-state index contributed by atoms with van der Waals surface area (Å²) in [4.78, 5) is 10.9. The number of hydrogen-bond acceptors (Lipinski definition) is 5. The summed E-state index contributed by atoms with van der Waals surface area (Å²) in [5.74, 6) is 6.80. The molecule has 0 amide bonds. The first-order chi connectivity index (χ1) is 9.62. The topological polar surface area (TPSA) is 67.1 Å². The highest BCUT2D eigenvalue weighted by atomic mass is 15.3. The van der Waals surface area contributed by atoms with Gasteiger partial charge < -0.3 is 10.3 Å². The minimum atomic E-state index is 0.641. The number of anilines is 2. The third-order valence-corrected chi connectivity index (χ3v) is 3.21. The van der Waals surface area contributed by atoms with Crippen molar-refractivity contribution in [3.63, 3.8) is 0 Å². The maximum absolute atomic E-state index is 5.41. The standard InChI is InChI=1S/C15H21N5/c1-4-12-5-7-13(8-6-12)20(3)10-15-17-11(2)9-14(18-15)19-16/h5-9H,4,10,16H2,1-3H3,(H,17,18,19). The molecule has 1 aromatic heterocycles. The van der Waals surface area contributed by atoms with Gasteiger partial charge in [0.1, 0.15) is 11.6 Å². The average Bonchev–Trinajstić information content (AvgIpc) is 2.46. The molecule has 3 N–H and O–H groups in total. The lowest BCUT2D eigenvalue weighted by molar-refractivity contribution is 0.828. The Morgan fingerprint density at radius 3 is 2.50 bits per heavy atom. The van der Waals surface area contributed by atoms with Gasteiger partial charge in [-0.3, -0.25) is 0 Å². The quantitative estimate of drug-likeness (QED) is 0.645. The van der Waals surface area contributed by atoms with Crippen LogP contribution in [0.25, 0.3) is 0 Å². The lowest BCUT2D eigenvalue weighted by atomic mass is 10.1. The van der Waals surface area contributed by atoms with E-state index in [0.717, 1.165) is 23.6 Å². The molecule has 0 aliphatic carbocycles. The highest BCUT2D eigenvalue weighted by Gasteiger charge is 2.06. The molecule has 0 saturated heterocycles. The fourth-order valence-electron chi connectivity index (χ4n) is 2.06. The van der Waals surface area contributed by atoms with Crippen LogP contribution in [0.3, 0.4) is 0 Å². The number of aromatic nitrogens is 2. The van der Waals surface area contributed by atoms with E-state index in [9.17, 15) is 0 Å². The van der Waals surface area contributed by atoms with Gasteiger partial charge in [-0.05, 0) is 31.0 Å². The Morgan fingerprint density at radius 1 is 1.20 bits per heavy atom. The summed E-state index contributed by atoms with van der Waals surface area (Å²) >= 11 is 0. The van der Waals surface area contributed by atoms with Crippen molar-refractivity contribution < 1.29 is 0 Å². The van der Waals surface area contributed by atoms with Gasteiger partial charge in [0, 0.05) is 24.5 Å². The van der Waals surface area contributed by atoms with Gasteiger partial charge in [-0.2, -0.15) is 0 Å². The van der Waals surface area contributed by atoms with E-state index in [0.29, 0.717) is 12.4 Å². The fraction of sp³-hybridized carbons (Fsp3) is 0.333. The maximum Gasteiger partial charge on any atom is 0.150 e. The van der Waals surface area contributed by atoms with E-state index in [2.05, 4.69) is 51.5 Å². The number of aryl methyl sites for hydroxylation is 2. The molecular formula is C15H21N5. The van der Waals surface area contributed by atoms with Crippen molar-refractivity contribution in [2.24, 2.45) is 5.84 Å². The molecule has 0 aliphatic heterocycles. The highest BCUT2D eigenvalue weighted by Crippen LogP contribution is 2.16. The van der Waals surface area contributed by atoms with Gasteiger partial charge in [0.2, 0.25) is 0 Å². The molecule has 1 aromatic carbocycles. The third-order valence-electron chi connectivity index (χ3n) is 3.21. The van der Waals surface area contributed by atoms with E-state index in [1.54, 1.807) is 0 Å². The smallest absolute Gasteiger partial charge is 0.150 e. The number of hydrogen-bond donors (Lipinski definition) is 2. The molecule has 20 heavy (non-hydrogen) atoms. The first kappa shape index (κ1) is 14.3. The second-order valence-corrected chi connectivity index (χ2v) is 4.83. The summed E-state index contributed by atoms with van der Waals surface area (Å²) in [7, 11) is 2.03. The zero-order valence-corrected chi connectivity index (χ0v) is 12.2. The van der Waals surface area contributed by atoms with Crippen LogP contribution in [0.15, 0.2) is 30.3 Å². The van der Waals surface area contributed by atoms with Crippen molar-refractivity contribution >= 4 is 11.5 Å². The van der Waals surface area contributed by atoms with Crippen molar-refractivity contribution in [1.29, 1.82) is 0 Å². The molecule has 2 rings (SSSR count). The Hall–Kier alpha value is -2.14. The van der Waals surface area contributed by atoms with E-state index >= 15 is 0 Å². The molecule has 0 fully saturated rings. The Kier molecular flexibility index (Phi) is 4.53. The zero-order valence-electron chi connectivity index (χ0n) is 12.2.